The Labute approximate surface area is 174 Å². The number of benzene rings is 2. The molecule has 0 spiro atoms. The van der Waals surface area contributed by atoms with E-state index in [9.17, 15) is 0 Å². The molecule has 0 saturated carbocycles. The molecule has 3 rings (SSSR count). The smallest absolute Gasteiger partial charge is 0.214 e. The summed E-state index contributed by atoms with van der Waals surface area (Å²) in [4.78, 5) is 0. The van der Waals surface area contributed by atoms with E-state index in [2.05, 4.69) is 15.6 Å². The number of aromatic amines is 1. The summed E-state index contributed by atoms with van der Waals surface area (Å²) in [5.74, 6) is 2.23. The molecule has 3 aromatic rings. The first-order valence-electron chi connectivity index (χ1n) is 9.14. The molecule has 0 radical (unpaired) electrons. The number of H-pyrrole nitrogens is 1. The largest absolute Gasteiger partial charge is 0.490 e. The van der Waals surface area contributed by atoms with Gasteiger partial charge in [0.05, 0.1) is 13.2 Å². The Morgan fingerprint density at radius 3 is 2.71 bits per heavy atom. The molecule has 0 fully saturated rings. The van der Waals surface area contributed by atoms with Crippen molar-refractivity contribution in [1.82, 2.24) is 14.9 Å². The van der Waals surface area contributed by atoms with Crippen molar-refractivity contribution >= 4 is 23.8 Å². The Morgan fingerprint density at radius 2 is 1.96 bits per heavy atom. The Morgan fingerprint density at radius 1 is 1.14 bits per heavy atom. The van der Waals surface area contributed by atoms with Gasteiger partial charge in [-0.3, -0.25) is 5.10 Å². The molecule has 148 valence electrons. The molecule has 1 heterocycles. The summed E-state index contributed by atoms with van der Waals surface area (Å²) in [7, 11) is 0. The molecule has 1 aromatic heterocycles. The van der Waals surface area contributed by atoms with Crippen LogP contribution in [0.15, 0.2) is 42.5 Å². The van der Waals surface area contributed by atoms with Gasteiger partial charge in [0.25, 0.3) is 0 Å². The highest BCUT2D eigenvalue weighted by Gasteiger charge is 2.09. The molecule has 0 saturated heterocycles. The van der Waals surface area contributed by atoms with Gasteiger partial charge in [0.15, 0.2) is 17.3 Å². The lowest BCUT2D eigenvalue weighted by atomic mass is 10.2. The molecule has 0 aliphatic heterocycles. The lowest BCUT2D eigenvalue weighted by molar-refractivity contribution is 0.269. The van der Waals surface area contributed by atoms with Crippen LogP contribution in [0.5, 0.6) is 11.5 Å². The molecule has 2 N–H and O–H groups in total. The summed E-state index contributed by atoms with van der Waals surface area (Å²) in [6.07, 6.45) is 0.777. The predicted octanol–water partition coefficient (Wildman–Crippen LogP) is 4.88. The van der Waals surface area contributed by atoms with Crippen molar-refractivity contribution in [3.63, 3.8) is 0 Å². The number of hydrogen-bond acceptors (Lipinski definition) is 5. The normalized spacial score (nSPS) is 10.7. The van der Waals surface area contributed by atoms with E-state index in [1.807, 2.05) is 56.3 Å². The second-order valence-corrected chi connectivity index (χ2v) is 6.86. The van der Waals surface area contributed by atoms with Gasteiger partial charge in [-0.25, -0.2) is 4.68 Å². The first-order valence-corrected chi connectivity index (χ1v) is 9.93. The van der Waals surface area contributed by atoms with Crippen LogP contribution in [0.3, 0.4) is 0 Å². The lowest BCUT2D eigenvalue weighted by Crippen LogP contribution is -2.17. The Hall–Kier alpha value is -2.51. The van der Waals surface area contributed by atoms with Crippen LogP contribution in [-0.2, 0) is 19.6 Å². The molecule has 0 aliphatic carbocycles. The van der Waals surface area contributed by atoms with Crippen LogP contribution < -0.4 is 14.9 Å². The Bertz CT molecular complexity index is 986. The van der Waals surface area contributed by atoms with Gasteiger partial charge in [0, 0.05) is 17.0 Å². The Balaban J connectivity index is 1.72. The number of rotatable bonds is 9. The second-order valence-electron chi connectivity index (χ2n) is 6.06. The fourth-order valence-electron chi connectivity index (χ4n) is 2.72. The van der Waals surface area contributed by atoms with Crippen LogP contribution in [-0.4, -0.2) is 21.5 Å². The maximum Gasteiger partial charge on any atom is 0.214 e. The van der Waals surface area contributed by atoms with Crippen LogP contribution >= 0.6 is 23.8 Å². The zero-order chi connectivity index (χ0) is 19.9. The maximum absolute atomic E-state index is 6.21. The first-order chi connectivity index (χ1) is 13.6. The minimum atomic E-state index is 0.376. The topological polar surface area (TPSA) is 64.1 Å². The number of aromatic nitrogens is 3. The van der Waals surface area contributed by atoms with Gasteiger partial charge in [-0.2, -0.15) is 5.10 Å². The monoisotopic (exact) mass is 418 g/mol. The SMILES string of the molecule is CCOc1cc(CNn2c(CC)n[nH]c2=S)ccc1OCc1ccccc1Cl. The number of hydrogen-bond donors (Lipinski definition) is 2. The van der Waals surface area contributed by atoms with Gasteiger partial charge < -0.3 is 14.9 Å². The van der Waals surface area contributed by atoms with E-state index in [4.69, 9.17) is 33.3 Å². The van der Waals surface area contributed by atoms with Gasteiger partial charge in [0.2, 0.25) is 4.77 Å². The van der Waals surface area contributed by atoms with Crippen molar-refractivity contribution < 1.29 is 9.47 Å². The van der Waals surface area contributed by atoms with Gasteiger partial charge in [-0.05, 0) is 42.9 Å². The molecule has 0 aliphatic rings. The third-order valence-electron chi connectivity index (χ3n) is 4.15. The fourth-order valence-corrected chi connectivity index (χ4v) is 3.13. The van der Waals surface area contributed by atoms with Crippen LogP contribution in [0.25, 0.3) is 0 Å². The highest BCUT2D eigenvalue weighted by Crippen LogP contribution is 2.30. The first kappa shape index (κ1) is 20.2. The molecule has 8 heteroatoms. The second kappa shape index (κ2) is 9.61. The number of nitrogens with zero attached hydrogens (tertiary/aromatic N) is 2. The highest BCUT2D eigenvalue weighted by atomic mass is 35.5. The average Bonchev–Trinajstić information content (AvgIpc) is 3.06. The van der Waals surface area contributed by atoms with E-state index in [-0.39, 0.29) is 0 Å². The molecular weight excluding hydrogens is 396 g/mol. The van der Waals surface area contributed by atoms with E-state index < -0.39 is 0 Å². The maximum atomic E-state index is 6.21. The zero-order valence-corrected chi connectivity index (χ0v) is 17.4. The summed E-state index contributed by atoms with van der Waals surface area (Å²) < 4.78 is 14.1. The molecular formula is C20H23ClN4O2S. The van der Waals surface area contributed by atoms with Gasteiger partial charge in [-0.15, -0.1) is 0 Å². The van der Waals surface area contributed by atoms with Gasteiger partial charge in [-0.1, -0.05) is 42.8 Å². The average molecular weight is 419 g/mol. The van der Waals surface area contributed by atoms with Gasteiger partial charge in [0.1, 0.15) is 6.61 Å². The molecule has 2 aromatic carbocycles. The minimum Gasteiger partial charge on any atom is -0.490 e. The van der Waals surface area contributed by atoms with Gasteiger partial charge >= 0.3 is 0 Å². The number of halogens is 1. The molecule has 0 bridgehead atoms. The van der Waals surface area contributed by atoms with Crippen molar-refractivity contribution in [1.29, 1.82) is 0 Å². The standard InChI is InChI=1S/C20H23ClN4O2S/c1-3-19-23-24-20(28)25(19)22-12-14-9-10-17(18(11-14)26-4-2)27-13-15-7-5-6-8-16(15)21/h5-11,22H,3-4,12-13H2,1-2H3,(H,24,28). The van der Waals surface area contributed by atoms with Crippen molar-refractivity contribution in [3.05, 3.63) is 69.2 Å². The summed E-state index contributed by atoms with van der Waals surface area (Å²) in [5.41, 5.74) is 5.26. The van der Waals surface area contributed by atoms with Crippen LogP contribution in [0.1, 0.15) is 30.8 Å². The molecule has 0 unspecified atom stereocenters. The summed E-state index contributed by atoms with van der Waals surface area (Å²) in [5, 5.41) is 7.68. The third-order valence-corrected chi connectivity index (χ3v) is 4.79. The molecule has 28 heavy (non-hydrogen) atoms. The van der Waals surface area contributed by atoms with Crippen LogP contribution in [0.2, 0.25) is 5.02 Å². The predicted molar refractivity (Wildman–Crippen MR) is 113 cm³/mol. The molecule has 0 atom stereocenters. The fraction of sp³-hybridized carbons (Fsp3) is 0.300. The van der Waals surface area contributed by atoms with E-state index in [0.29, 0.717) is 41.1 Å². The third kappa shape index (κ3) is 4.85. The number of nitrogens with one attached hydrogen (secondary N) is 2. The van der Waals surface area contributed by atoms with E-state index in [1.165, 1.54) is 0 Å². The quantitative estimate of drug-likeness (QED) is 0.485. The van der Waals surface area contributed by atoms with Crippen molar-refractivity contribution in [2.24, 2.45) is 0 Å². The van der Waals surface area contributed by atoms with Crippen LogP contribution in [0, 0.1) is 4.77 Å². The van der Waals surface area contributed by atoms with Crippen LogP contribution in [0.4, 0.5) is 0 Å². The summed E-state index contributed by atoms with van der Waals surface area (Å²) >= 11 is 11.5. The lowest BCUT2D eigenvalue weighted by Gasteiger charge is -2.15. The van der Waals surface area contributed by atoms with E-state index in [0.717, 1.165) is 23.4 Å². The zero-order valence-electron chi connectivity index (χ0n) is 15.9. The van der Waals surface area contributed by atoms with E-state index >= 15 is 0 Å². The number of ether oxygens (including phenoxy) is 2. The molecule has 6 nitrogen and oxygen atoms in total. The van der Waals surface area contributed by atoms with Crippen molar-refractivity contribution in [2.45, 2.75) is 33.4 Å². The number of aryl methyl sites for hydroxylation is 1. The minimum absolute atomic E-state index is 0.376. The highest BCUT2D eigenvalue weighted by molar-refractivity contribution is 7.71. The summed E-state index contributed by atoms with van der Waals surface area (Å²) in [6.45, 7) is 5.47. The van der Waals surface area contributed by atoms with Crippen molar-refractivity contribution in [3.8, 4) is 11.5 Å². The van der Waals surface area contributed by atoms with E-state index in [1.54, 1.807) is 4.68 Å². The van der Waals surface area contributed by atoms with Crippen molar-refractivity contribution in [2.75, 3.05) is 12.0 Å². The summed E-state index contributed by atoms with van der Waals surface area (Å²) in [6, 6.07) is 13.5. The molecule has 0 amide bonds. The Kier molecular flexibility index (Phi) is 6.95.